The number of hydrogen-bond acceptors (Lipinski definition) is 3. The van der Waals surface area contributed by atoms with Crippen molar-refractivity contribution in [3.8, 4) is 11.5 Å². The van der Waals surface area contributed by atoms with Crippen molar-refractivity contribution in [3.63, 3.8) is 0 Å². The molecule has 1 aliphatic rings. The maximum atomic E-state index is 13.7. The van der Waals surface area contributed by atoms with E-state index in [0.29, 0.717) is 5.75 Å². The van der Waals surface area contributed by atoms with E-state index in [2.05, 4.69) is 34.6 Å². The van der Waals surface area contributed by atoms with Crippen LogP contribution in [0.2, 0.25) is 0 Å². The van der Waals surface area contributed by atoms with Crippen LogP contribution in [0.4, 0.5) is 8.78 Å². The summed E-state index contributed by atoms with van der Waals surface area (Å²) in [7, 11) is 1.79. The van der Waals surface area contributed by atoms with E-state index in [0.717, 1.165) is 41.2 Å². The van der Waals surface area contributed by atoms with Gasteiger partial charge in [-0.1, -0.05) is 39.8 Å². The van der Waals surface area contributed by atoms with Crippen molar-refractivity contribution in [2.45, 2.75) is 60.5 Å². The molecule has 2 aromatic rings. The normalized spacial score (nSPS) is 14.6. The average Bonchev–Trinajstić information content (AvgIpc) is 3.47. The van der Waals surface area contributed by atoms with Gasteiger partial charge in [0.15, 0.2) is 17.3 Å². The van der Waals surface area contributed by atoms with Crippen molar-refractivity contribution in [2.75, 3.05) is 7.11 Å². The minimum absolute atomic E-state index is 0. The fraction of sp³-hybridized carbons (Fsp3) is 0.407. The Bertz CT molecular complexity index is 1000. The van der Waals surface area contributed by atoms with Gasteiger partial charge in [-0.3, -0.25) is 0 Å². The first-order valence-electron chi connectivity index (χ1n) is 10.8. The third-order valence-electron chi connectivity index (χ3n) is 5.98. The van der Waals surface area contributed by atoms with Gasteiger partial charge in [-0.05, 0) is 62.9 Å². The van der Waals surface area contributed by atoms with Gasteiger partial charge in [0.2, 0.25) is 0 Å². The van der Waals surface area contributed by atoms with Crippen molar-refractivity contribution >= 4 is 11.8 Å². The van der Waals surface area contributed by atoms with Crippen LogP contribution in [0.5, 0.6) is 11.5 Å². The lowest BCUT2D eigenvalue weighted by Gasteiger charge is -2.40. The van der Waals surface area contributed by atoms with Gasteiger partial charge in [-0.25, -0.2) is 8.78 Å². The lowest BCUT2D eigenvalue weighted by Crippen LogP contribution is -2.40. The van der Waals surface area contributed by atoms with Gasteiger partial charge in [0.05, 0.1) is 5.60 Å². The van der Waals surface area contributed by atoms with Crippen LogP contribution in [0, 0.1) is 17.0 Å². The quantitative estimate of drug-likeness (QED) is 0.446. The van der Waals surface area contributed by atoms with E-state index in [1.807, 2.05) is 38.1 Å². The second-order valence-electron chi connectivity index (χ2n) is 8.96. The second kappa shape index (κ2) is 11.4. The molecule has 0 bridgehead atoms. The van der Waals surface area contributed by atoms with E-state index < -0.39 is 11.6 Å². The molecule has 182 valence electrons. The van der Waals surface area contributed by atoms with Crippen LogP contribution < -0.4 is 4.74 Å². The lowest BCUT2D eigenvalue weighted by molar-refractivity contribution is -0.0796. The Labute approximate surface area is 196 Å². The van der Waals surface area contributed by atoms with Gasteiger partial charge in [0.1, 0.15) is 17.3 Å². The average molecular weight is 463 g/mol. The molecular formula is C27H36F2O4. The fourth-order valence-electron chi connectivity index (χ4n) is 3.14. The minimum atomic E-state index is -0.736. The highest BCUT2D eigenvalue weighted by atomic mass is 19.1. The molecule has 1 unspecified atom stereocenters. The standard InChI is InChI=1S/C18H14F2O2.C9H20O.H2O/c1-3-4-12-9-13(18-11(2)21-18)5-7-16(12)22-17-8-6-14(19)10-15(17)20;1-7-9(5,10-6)8(2,3)4;/h3-10H,1-2H3;7H2,1-6H3;1H2/b4-3-;;. The number of benzene rings is 2. The van der Waals surface area contributed by atoms with E-state index in [-0.39, 0.29) is 22.2 Å². The summed E-state index contributed by atoms with van der Waals surface area (Å²) in [5, 5.41) is 0. The molecule has 0 radical (unpaired) electrons. The highest BCUT2D eigenvalue weighted by Crippen LogP contribution is 2.38. The molecule has 1 aliphatic heterocycles. The number of halogens is 2. The first kappa shape index (κ1) is 28.3. The van der Waals surface area contributed by atoms with E-state index in [4.69, 9.17) is 14.2 Å². The summed E-state index contributed by atoms with van der Waals surface area (Å²) in [5.74, 6) is 0.848. The van der Waals surface area contributed by atoms with Gasteiger partial charge < -0.3 is 19.7 Å². The fourth-order valence-corrected chi connectivity index (χ4v) is 3.14. The molecule has 4 nitrogen and oxygen atoms in total. The predicted molar refractivity (Wildman–Crippen MR) is 130 cm³/mol. The molecule has 0 spiro atoms. The molecule has 0 amide bonds. The van der Waals surface area contributed by atoms with Gasteiger partial charge in [-0.15, -0.1) is 0 Å². The first-order valence-corrected chi connectivity index (χ1v) is 10.8. The number of methoxy groups -OCH3 is 1. The smallest absolute Gasteiger partial charge is 0.172 e. The summed E-state index contributed by atoms with van der Waals surface area (Å²) >= 11 is 0. The molecule has 1 atom stereocenters. The maximum Gasteiger partial charge on any atom is 0.172 e. The summed E-state index contributed by atoms with van der Waals surface area (Å²) in [6, 6.07) is 8.72. The summed E-state index contributed by atoms with van der Waals surface area (Å²) in [4.78, 5) is 0. The SMILES string of the molecule is C/C=C\c1cc(C2=C(C)O2)ccc1Oc1ccc(F)cc1F.CCC(C)(OC)C(C)(C)C.O. The van der Waals surface area contributed by atoms with E-state index in [1.165, 1.54) is 6.07 Å². The maximum absolute atomic E-state index is 13.7. The molecule has 0 saturated carbocycles. The van der Waals surface area contributed by atoms with Crippen molar-refractivity contribution in [1.82, 2.24) is 0 Å². The van der Waals surface area contributed by atoms with Crippen LogP contribution in [-0.2, 0) is 9.47 Å². The molecular weight excluding hydrogens is 426 g/mol. The van der Waals surface area contributed by atoms with Crippen LogP contribution in [0.1, 0.15) is 66.0 Å². The molecule has 2 N–H and O–H groups in total. The summed E-state index contributed by atoms with van der Waals surface area (Å²) < 4.78 is 43.0. The molecule has 0 aliphatic carbocycles. The van der Waals surface area contributed by atoms with Crippen LogP contribution in [0.3, 0.4) is 0 Å². The Morgan fingerprint density at radius 1 is 1.00 bits per heavy atom. The molecule has 3 rings (SSSR count). The number of rotatable bonds is 6. The van der Waals surface area contributed by atoms with Crippen molar-refractivity contribution in [3.05, 3.63) is 71.0 Å². The first-order chi connectivity index (χ1) is 15.0. The summed E-state index contributed by atoms with van der Waals surface area (Å²) in [5.41, 5.74) is 1.99. The Morgan fingerprint density at radius 3 is 2.03 bits per heavy atom. The van der Waals surface area contributed by atoms with Gasteiger partial charge in [-0.2, -0.15) is 0 Å². The van der Waals surface area contributed by atoms with Crippen molar-refractivity contribution in [1.29, 1.82) is 0 Å². The highest BCUT2D eigenvalue weighted by Gasteiger charge is 2.35. The van der Waals surface area contributed by atoms with Crippen molar-refractivity contribution in [2.24, 2.45) is 5.41 Å². The Balaban J connectivity index is 0.000000425. The van der Waals surface area contributed by atoms with Gasteiger partial charge in [0.25, 0.3) is 0 Å². The monoisotopic (exact) mass is 462 g/mol. The summed E-state index contributed by atoms with van der Waals surface area (Å²) in [6.45, 7) is 14.7. The van der Waals surface area contributed by atoms with Crippen LogP contribution in [0.25, 0.3) is 11.8 Å². The molecule has 0 saturated heterocycles. The molecule has 2 aromatic carbocycles. The minimum Gasteiger partial charge on any atom is -0.454 e. The molecule has 0 fully saturated rings. The second-order valence-corrected chi connectivity index (χ2v) is 8.96. The van der Waals surface area contributed by atoms with Crippen molar-refractivity contribution < 1.29 is 28.5 Å². The van der Waals surface area contributed by atoms with Crippen LogP contribution in [-0.4, -0.2) is 18.2 Å². The van der Waals surface area contributed by atoms with Gasteiger partial charge in [0, 0.05) is 24.3 Å². The Kier molecular flexibility index (Phi) is 9.82. The molecule has 0 aromatic heterocycles. The molecule has 33 heavy (non-hydrogen) atoms. The molecule has 6 heteroatoms. The summed E-state index contributed by atoms with van der Waals surface area (Å²) in [6.07, 6.45) is 4.79. The van der Waals surface area contributed by atoms with E-state index in [9.17, 15) is 8.78 Å². The van der Waals surface area contributed by atoms with Gasteiger partial charge >= 0.3 is 0 Å². The number of hydrogen-bond donors (Lipinski definition) is 0. The highest BCUT2D eigenvalue weighted by molar-refractivity contribution is 5.74. The third-order valence-corrected chi connectivity index (χ3v) is 5.98. The zero-order valence-electron chi connectivity index (χ0n) is 20.8. The zero-order chi connectivity index (χ0) is 24.1. The zero-order valence-corrected chi connectivity index (χ0v) is 20.8. The van der Waals surface area contributed by atoms with Crippen LogP contribution >= 0.6 is 0 Å². The van der Waals surface area contributed by atoms with Crippen LogP contribution in [0.15, 0.2) is 48.2 Å². The molecule has 1 heterocycles. The largest absolute Gasteiger partial charge is 0.454 e. The van der Waals surface area contributed by atoms with E-state index >= 15 is 0 Å². The number of ether oxygens (including phenoxy) is 3. The Morgan fingerprint density at radius 2 is 1.61 bits per heavy atom. The lowest BCUT2D eigenvalue weighted by atomic mass is 9.76. The topological polar surface area (TPSA) is 62.5 Å². The Hall–Kier alpha value is -2.70. The van der Waals surface area contributed by atoms with E-state index in [1.54, 1.807) is 13.2 Å². The number of allylic oxidation sites excluding steroid dienone is 2. The predicted octanol–water partition coefficient (Wildman–Crippen LogP) is 7.53. The third kappa shape index (κ3) is 7.14.